The molecule has 88 valence electrons. The van der Waals surface area contributed by atoms with E-state index in [2.05, 4.69) is 0 Å². The highest BCUT2D eigenvalue weighted by Crippen LogP contribution is 2.03. The molecule has 15 heavy (non-hydrogen) atoms. The first-order chi connectivity index (χ1) is 7.11. The van der Waals surface area contributed by atoms with Crippen molar-refractivity contribution in [3.8, 4) is 0 Å². The molecule has 0 heterocycles. The Balaban J connectivity index is 3.58. The summed E-state index contributed by atoms with van der Waals surface area (Å²) >= 11 is 1.26. The average Bonchev–Trinajstić information content (AvgIpc) is 2.18. The van der Waals surface area contributed by atoms with E-state index < -0.39 is 12.0 Å². The van der Waals surface area contributed by atoms with E-state index >= 15 is 0 Å². The molecule has 5 nitrogen and oxygen atoms in total. The van der Waals surface area contributed by atoms with E-state index in [4.69, 9.17) is 15.2 Å². The van der Waals surface area contributed by atoms with Crippen LogP contribution in [-0.4, -0.2) is 42.7 Å². The van der Waals surface area contributed by atoms with Crippen molar-refractivity contribution in [3.05, 3.63) is 0 Å². The highest BCUT2D eigenvalue weighted by Gasteiger charge is 2.15. The predicted molar refractivity (Wildman–Crippen MR) is 58.6 cm³/mol. The second-order valence-electron chi connectivity index (χ2n) is 2.68. The molecule has 0 saturated carbocycles. The molecule has 0 spiro atoms. The SMILES string of the molecule is CCOC(=O)CSC[C@H](N)C(=O)OCC. The monoisotopic (exact) mass is 235 g/mol. The predicted octanol–water partition coefficient (Wildman–Crippen LogP) is 0.173. The first-order valence-corrected chi connectivity index (χ1v) is 5.92. The van der Waals surface area contributed by atoms with Crippen LogP contribution in [0.25, 0.3) is 0 Å². The van der Waals surface area contributed by atoms with E-state index in [1.807, 2.05) is 0 Å². The van der Waals surface area contributed by atoms with Gasteiger partial charge in [-0.3, -0.25) is 9.59 Å². The highest BCUT2D eigenvalue weighted by atomic mass is 32.2. The summed E-state index contributed by atoms with van der Waals surface area (Å²) < 4.78 is 9.43. The standard InChI is InChI=1S/C9H17NO4S/c1-3-13-8(11)6-15-5-7(10)9(12)14-4-2/h7H,3-6,10H2,1-2H3/t7-/m0/s1. The molecule has 0 fully saturated rings. The lowest BCUT2D eigenvalue weighted by molar-refractivity contribution is -0.144. The smallest absolute Gasteiger partial charge is 0.323 e. The number of rotatable bonds is 7. The zero-order valence-electron chi connectivity index (χ0n) is 9.02. The van der Waals surface area contributed by atoms with Crippen LogP contribution in [0.15, 0.2) is 0 Å². The lowest BCUT2D eigenvalue weighted by Crippen LogP contribution is -2.34. The van der Waals surface area contributed by atoms with E-state index in [-0.39, 0.29) is 11.7 Å². The summed E-state index contributed by atoms with van der Waals surface area (Å²) in [5.74, 6) is -0.161. The van der Waals surface area contributed by atoms with E-state index in [1.54, 1.807) is 13.8 Å². The van der Waals surface area contributed by atoms with Crippen molar-refractivity contribution < 1.29 is 19.1 Å². The zero-order valence-corrected chi connectivity index (χ0v) is 9.84. The van der Waals surface area contributed by atoms with Gasteiger partial charge in [0.15, 0.2) is 0 Å². The fraction of sp³-hybridized carbons (Fsp3) is 0.778. The Hall–Kier alpha value is -0.750. The van der Waals surface area contributed by atoms with Gasteiger partial charge in [0.1, 0.15) is 6.04 Å². The first kappa shape index (κ1) is 14.2. The third-order valence-corrected chi connectivity index (χ3v) is 2.45. The van der Waals surface area contributed by atoms with Gasteiger partial charge in [0.05, 0.1) is 19.0 Å². The number of hydrogen-bond acceptors (Lipinski definition) is 6. The van der Waals surface area contributed by atoms with Crippen LogP contribution in [0.4, 0.5) is 0 Å². The fourth-order valence-corrected chi connectivity index (χ4v) is 1.55. The second kappa shape index (κ2) is 8.55. The van der Waals surface area contributed by atoms with Crippen molar-refractivity contribution in [3.63, 3.8) is 0 Å². The minimum absolute atomic E-state index is 0.209. The Morgan fingerprint density at radius 1 is 1.27 bits per heavy atom. The Bertz CT molecular complexity index is 210. The Morgan fingerprint density at radius 2 is 1.87 bits per heavy atom. The third-order valence-electron chi connectivity index (χ3n) is 1.41. The molecule has 0 bridgehead atoms. The van der Waals surface area contributed by atoms with Crippen molar-refractivity contribution in [1.29, 1.82) is 0 Å². The Kier molecular flexibility index (Phi) is 8.12. The van der Waals surface area contributed by atoms with Gasteiger partial charge in [0.2, 0.25) is 0 Å². The van der Waals surface area contributed by atoms with Crippen molar-refractivity contribution in [2.24, 2.45) is 5.73 Å². The second-order valence-corrected chi connectivity index (χ2v) is 3.71. The molecule has 0 saturated heterocycles. The molecule has 0 unspecified atom stereocenters. The van der Waals surface area contributed by atoms with E-state index in [1.165, 1.54) is 11.8 Å². The quantitative estimate of drug-likeness (QED) is 0.634. The average molecular weight is 235 g/mol. The molecule has 0 aliphatic carbocycles. The minimum Gasteiger partial charge on any atom is -0.465 e. The molecule has 0 amide bonds. The molecular weight excluding hydrogens is 218 g/mol. The largest absolute Gasteiger partial charge is 0.465 e. The fourth-order valence-electron chi connectivity index (χ4n) is 0.789. The molecule has 0 aromatic carbocycles. The lowest BCUT2D eigenvalue weighted by atomic mass is 10.4. The van der Waals surface area contributed by atoms with E-state index in [0.717, 1.165) is 0 Å². The van der Waals surface area contributed by atoms with Gasteiger partial charge < -0.3 is 15.2 Å². The molecular formula is C9H17NO4S. The number of hydrogen-bond donors (Lipinski definition) is 1. The third kappa shape index (κ3) is 7.21. The summed E-state index contributed by atoms with van der Waals surface area (Å²) in [7, 11) is 0. The molecule has 6 heteroatoms. The van der Waals surface area contributed by atoms with Gasteiger partial charge in [-0.1, -0.05) is 0 Å². The maximum atomic E-state index is 11.1. The maximum absolute atomic E-state index is 11.1. The van der Waals surface area contributed by atoms with Crippen molar-refractivity contribution in [2.75, 3.05) is 24.7 Å². The molecule has 0 aromatic rings. The van der Waals surface area contributed by atoms with Crippen LogP contribution in [0.2, 0.25) is 0 Å². The summed E-state index contributed by atoms with van der Waals surface area (Å²) in [6, 6.07) is -0.677. The van der Waals surface area contributed by atoms with E-state index in [0.29, 0.717) is 19.0 Å². The summed E-state index contributed by atoms with van der Waals surface area (Å²) in [6.45, 7) is 4.14. The van der Waals surface area contributed by atoms with Gasteiger partial charge in [0.25, 0.3) is 0 Å². The van der Waals surface area contributed by atoms with Gasteiger partial charge in [-0.2, -0.15) is 0 Å². The van der Waals surface area contributed by atoms with Gasteiger partial charge in [-0.15, -0.1) is 11.8 Å². The number of carbonyl (C=O) groups excluding carboxylic acids is 2. The normalized spacial score (nSPS) is 11.9. The highest BCUT2D eigenvalue weighted by molar-refractivity contribution is 8.00. The molecule has 2 N–H and O–H groups in total. The summed E-state index contributed by atoms with van der Waals surface area (Å²) in [6.07, 6.45) is 0. The topological polar surface area (TPSA) is 78.6 Å². The van der Waals surface area contributed by atoms with Gasteiger partial charge in [-0.25, -0.2) is 0 Å². The van der Waals surface area contributed by atoms with Crippen molar-refractivity contribution in [1.82, 2.24) is 0 Å². The van der Waals surface area contributed by atoms with Crippen molar-refractivity contribution >= 4 is 23.7 Å². The number of esters is 2. The molecule has 0 aromatic heterocycles. The Labute approximate surface area is 93.7 Å². The van der Waals surface area contributed by atoms with Crippen molar-refractivity contribution in [2.45, 2.75) is 19.9 Å². The van der Waals surface area contributed by atoms with Gasteiger partial charge >= 0.3 is 11.9 Å². The lowest BCUT2D eigenvalue weighted by Gasteiger charge is -2.09. The summed E-state index contributed by atoms with van der Waals surface area (Å²) in [5, 5.41) is 0. The minimum atomic E-state index is -0.677. The first-order valence-electron chi connectivity index (χ1n) is 4.77. The molecule has 1 atom stereocenters. The van der Waals surface area contributed by atoms with Crippen LogP contribution >= 0.6 is 11.8 Å². The van der Waals surface area contributed by atoms with Crippen LogP contribution in [0.1, 0.15) is 13.8 Å². The number of carbonyl (C=O) groups is 2. The number of thioether (sulfide) groups is 1. The Morgan fingerprint density at radius 3 is 2.40 bits per heavy atom. The molecule has 0 aliphatic heterocycles. The van der Waals surface area contributed by atoms with Crippen LogP contribution in [0.5, 0.6) is 0 Å². The van der Waals surface area contributed by atoms with Crippen LogP contribution in [0, 0.1) is 0 Å². The van der Waals surface area contributed by atoms with Crippen LogP contribution in [-0.2, 0) is 19.1 Å². The number of ether oxygens (including phenoxy) is 2. The zero-order chi connectivity index (χ0) is 11.7. The maximum Gasteiger partial charge on any atom is 0.323 e. The van der Waals surface area contributed by atoms with Crippen LogP contribution in [0.3, 0.4) is 0 Å². The van der Waals surface area contributed by atoms with Crippen LogP contribution < -0.4 is 5.73 Å². The summed E-state index contributed by atoms with van der Waals surface area (Å²) in [5.41, 5.74) is 5.52. The van der Waals surface area contributed by atoms with E-state index in [9.17, 15) is 9.59 Å². The van der Waals surface area contributed by atoms with Gasteiger partial charge in [0, 0.05) is 5.75 Å². The van der Waals surface area contributed by atoms with Gasteiger partial charge in [-0.05, 0) is 13.8 Å². The summed E-state index contributed by atoms with van der Waals surface area (Å²) in [4.78, 5) is 22.0. The number of nitrogens with two attached hydrogens (primary N) is 1. The molecule has 0 rings (SSSR count). The molecule has 0 radical (unpaired) electrons. The molecule has 0 aliphatic rings.